The van der Waals surface area contributed by atoms with Crippen LogP contribution in [0.15, 0.2) is 0 Å². The van der Waals surface area contributed by atoms with Gasteiger partial charge in [-0.05, 0) is 25.3 Å². The Morgan fingerprint density at radius 3 is 2.75 bits per heavy atom. The monoisotopic (exact) mass is 250 g/mol. The van der Waals surface area contributed by atoms with E-state index in [1.165, 1.54) is 4.31 Å². The first-order chi connectivity index (χ1) is 7.45. The van der Waals surface area contributed by atoms with Gasteiger partial charge in [0.2, 0.25) is 10.0 Å². The Morgan fingerprint density at radius 2 is 2.25 bits per heavy atom. The predicted octanol–water partition coefficient (Wildman–Crippen LogP) is 0.0218. The summed E-state index contributed by atoms with van der Waals surface area (Å²) in [6.45, 7) is 3.60. The van der Waals surface area contributed by atoms with Crippen molar-refractivity contribution in [2.45, 2.75) is 25.9 Å². The molecule has 1 heterocycles. The molecule has 5 nitrogen and oxygen atoms in total. The Labute approximate surface area is 98.0 Å². The molecular formula is C10H22N2O3S. The van der Waals surface area contributed by atoms with Gasteiger partial charge in [0.25, 0.3) is 0 Å². The van der Waals surface area contributed by atoms with Gasteiger partial charge in [-0.15, -0.1) is 0 Å². The van der Waals surface area contributed by atoms with Gasteiger partial charge in [-0.2, -0.15) is 0 Å². The first kappa shape index (κ1) is 13.9. The van der Waals surface area contributed by atoms with Crippen LogP contribution < -0.4 is 5.73 Å². The fourth-order valence-electron chi connectivity index (χ4n) is 1.76. The van der Waals surface area contributed by atoms with Gasteiger partial charge >= 0.3 is 0 Å². The third-order valence-corrected chi connectivity index (χ3v) is 4.76. The van der Waals surface area contributed by atoms with Crippen molar-refractivity contribution in [1.29, 1.82) is 0 Å². The maximum atomic E-state index is 11.9. The van der Waals surface area contributed by atoms with Crippen LogP contribution in [0, 0.1) is 5.92 Å². The van der Waals surface area contributed by atoms with Crippen LogP contribution in [0.3, 0.4) is 0 Å². The van der Waals surface area contributed by atoms with E-state index in [0.29, 0.717) is 19.7 Å². The van der Waals surface area contributed by atoms with Crippen LogP contribution in [0.1, 0.15) is 19.8 Å². The molecule has 0 amide bonds. The molecule has 0 bridgehead atoms. The van der Waals surface area contributed by atoms with Crippen LogP contribution in [0.2, 0.25) is 0 Å². The smallest absolute Gasteiger partial charge is 0.216 e. The molecule has 1 fully saturated rings. The molecule has 0 aromatic rings. The third kappa shape index (κ3) is 4.01. The summed E-state index contributed by atoms with van der Waals surface area (Å²) in [4.78, 5) is 0. The van der Waals surface area contributed by atoms with Crippen molar-refractivity contribution in [3.63, 3.8) is 0 Å². The van der Waals surface area contributed by atoms with Crippen molar-refractivity contribution in [2.24, 2.45) is 11.7 Å². The van der Waals surface area contributed by atoms with Gasteiger partial charge < -0.3 is 10.5 Å². The molecule has 0 saturated carbocycles. The number of rotatable bonds is 6. The second kappa shape index (κ2) is 5.95. The summed E-state index contributed by atoms with van der Waals surface area (Å²) in [6, 6.07) is 0. The van der Waals surface area contributed by atoms with Crippen LogP contribution in [-0.2, 0) is 14.8 Å². The topological polar surface area (TPSA) is 72.6 Å². The van der Waals surface area contributed by atoms with Crippen molar-refractivity contribution in [3.05, 3.63) is 0 Å². The SMILES string of the molecule is CC(CN)CN(C)S(=O)(=O)CC1CCCO1. The lowest BCUT2D eigenvalue weighted by molar-refractivity contribution is 0.126. The van der Waals surface area contributed by atoms with Gasteiger partial charge in [0, 0.05) is 20.2 Å². The number of sulfonamides is 1. The van der Waals surface area contributed by atoms with Crippen LogP contribution >= 0.6 is 0 Å². The zero-order valence-electron chi connectivity index (χ0n) is 10.1. The fourth-order valence-corrected chi connectivity index (χ4v) is 3.23. The highest BCUT2D eigenvalue weighted by molar-refractivity contribution is 7.89. The van der Waals surface area contributed by atoms with E-state index in [1.54, 1.807) is 7.05 Å². The minimum atomic E-state index is -3.20. The quantitative estimate of drug-likeness (QED) is 0.721. The summed E-state index contributed by atoms with van der Waals surface area (Å²) >= 11 is 0. The summed E-state index contributed by atoms with van der Waals surface area (Å²) in [5.74, 6) is 0.283. The number of nitrogens with zero attached hydrogens (tertiary/aromatic N) is 1. The zero-order chi connectivity index (χ0) is 12.2. The van der Waals surface area contributed by atoms with E-state index in [4.69, 9.17) is 10.5 Å². The number of hydrogen-bond donors (Lipinski definition) is 1. The molecule has 0 aromatic heterocycles. The van der Waals surface area contributed by atoms with Crippen molar-refractivity contribution < 1.29 is 13.2 Å². The van der Waals surface area contributed by atoms with Gasteiger partial charge in [0.05, 0.1) is 11.9 Å². The molecule has 0 spiro atoms. The van der Waals surface area contributed by atoms with E-state index in [1.807, 2.05) is 6.92 Å². The molecule has 2 unspecified atom stereocenters. The summed E-state index contributed by atoms with van der Waals surface area (Å²) in [5, 5.41) is 0. The van der Waals surface area contributed by atoms with Gasteiger partial charge in [0.1, 0.15) is 0 Å². The van der Waals surface area contributed by atoms with E-state index in [9.17, 15) is 8.42 Å². The van der Waals surface area contributed by atoms with Crippen molar-refractivity contribution in [2.75, 3.05) is 32.5 Å². The highest BCUT2D eigenvalue weighted by Crippen LogP contribution is 2.15. The van der Waals surface area contributed by atoms with Crippen LogP contribution in [0.25, 0.3) is 0 Å². The average Bonchev–Trinajstić information content (AvgIpc) is 2.69. The molecule has 1 rings (SSSR count). The van der Waals surface area contributed by atoms with Crippen LogP contribution in [0.4, 0.5) is 0 Å². The average molecular weight is 250 g/mol. The summed E-state index contributed by atoms with van der Waals surface area (Å²) < 4.78 is 30.6. The lowest BCUT2D eigenvalue weighted by Gasteiger charge is -2.21. The first-order valence-electron chi connectivity index (χ1n) is 5.71. The lowest BCUT2D eigenvalue weighted by Crippen LogP contribution is -2.37. The lowest BCUT2D eigenvalue weighted by atomic mass is 10.2. The molecule has 2 atom stereocenters. The van der Waals surface area contributed by atoms with Gasteiger partial charge in [-0.3, -0.25) is 0 Å². The largest absolute Gasteiger partial charge is 0.377 e. The number of hydrogen-bond acceptors (Lipinski definition) is 4. The highest BCUT2D eigenvalue weighted by Gasteiger charge is 2.26. The van der Waals surface area contributed by atoms with Gasteiger partial charge in [-0.1, -0.05) is 6.92 Å². The maximum absolute atomic E-state index is 11.9. The number of nitrogens with two attached hydrogens (primary N) is 1. The molecular weight excluding hydrogens is 228 g/mol. The second-order valence-corrected chi connectivity index (χ2v) is 6.66. The van der Waals surface area contributed by atoms with E-state index >= 15 is 0 Å². The van der Waals surface area contributed by atoms with Crippen LogP contribution in [-0.4, -0.2) is 51.3 Å². The Hall–Kier alpha value is -0.170. The normalized spacial score (nSPS) is 23.9. The molecule has 96 valence electrons. The minimum absolute atomic E-state index is 0.0980. The molecule has 6 heteroatoms. The predicted molar refractivity (Wildman–Crippen MR) is 63.6 cm³/mol. The van der Waals surface area contributed by atoms with E-state index in [2.05, 4.69) is 0 Å². The standard InChI is InChI=1S/C10H22N2O3S/c1-9(6-11)7-12(2)16(13,14)8-10-4-3-5-15-10/h9-10H,3-8,11H2,1-2H3. The summed E-state index contributed by atoms with van der Waals surface area (Å²) in [6.07, 6.45) is 1.68. The molecule has 1 aliphatic rings. The first-order valence-corrected chi connectivity index (χ1v) is 7.32. The Bertz CT molecular complexity index is 299. The zero-order valence-corrected chi connectivity index (χ0v) is 10.9. The third-order valence-electron chi connectivity index (χ3n) is 2.87. The van der Waals surface area contributed by atoms with Crippen molar-refractivity contribution in [3.8, 4) is 0 Å². The minimum Gasteiger partial charge on any atom is -0.377 e. The van der Waals surface area contributed by atoms with Crippen molar-refractivity contribution >= 4 is 10.0 Å². The fraction of sp³-hybridized carbons (Fsp3) is 1.00. The molecule has 1 aliphatic heterocycles. The van der Waals surface area contributed by atoms with E-state index in [-0.39, 0.29) is 17.8 Å². The summed E-state index contributed by atoms with van der Waals surface area (Å²) in [7, 11) is -1.59. The summed E-state index contributed by atoms with van der Waals surface area (Å²) in [5.41, 5.74) is 5.48. The Balaban J connectivity index is 2.48. The second-order valence-electron chi connectivity index (χ2n) is 4.53. The van der Waals surface area contributed by atoms with Crippen LogP contribution in [0.5, 0.6) is 0 Å². The molecule has 0 aromatic carbocycles. The van der Waals surface area contributed by atoms with E-state index < -0.39 is 10.0 Å². The molecule has 2 N–H and O–H groups in total. The van der Waals surface area contributed by atoms with Gasteiger partial charge in [-0.25, -0.2) is 12.7 Å². The maximum Gasteiger partial charge on any atom is 0.216 e. The highest BCUT2D eigenvalue weighted by atomic mass is 32.2. The molecule has 0 radical (unpaired) electrons. The molecule has 16 heavy (non-hydrogen) atoms. The molecule has 1 saturated heterocycles. The number of ether oxygens (including phenoxy) is 1. The van der Waals surface area contributed by atoms with Crippen molar-refractivity contribution in [1.82, 2.24) is 4.31 Å². The Morgan fingerprint density at radius 1 is 1.56 bits per heavy atom. The Kier molecular flexibility index (Phi) is 5.17. The molecule has 0 aliphatic carbocycles. The van der Waals surface area contributed by atoms with E-state index in [0.717, 1.165) is 12.8 Å². The van der Waals surface area contributed by atoms with Gasteiger partial charge in [0.15, 0.2) is 0 Å².